The zero-order valence-electron chi connectivity index (χ0n) is 10.5. The fourth-order valence-corrected chi connectivity index (χ4v) is 1.84. The lowest BCUT2D eigenvalue weighted by molar-refractivity contribution is 0.341. The van der Waals surface area contributed by atoms with Crippen molar-refractivity contribution in [1.82, 2.24) is 10.2 Å². The van der Waals surface area contributed by atoms with Gasteiger partial charge in [-0.25, -0.2) is 0 Å². The number of anilines is 1. The summed E-state index contributed by atoms with van der Waals surface area (Å²) >= 11 is 5.99. The summed E-state index contributed by atoms with van der Waals surface area (Å²) in [5.74, 6) is 0.808. The smallest absolute Gasteiger partial charge is 0.142 e. The monoisotopic (exact) mass is 265 g/mol. The van der Waals surface area contributed by atoms with E-state index in [1.807, 2.05) is 38.2 Å². The van der Waals surface area contributed by atoms with E-state index in [1.165, 1.54) is 0 Å². The third-order valence-electron chi connectivity index (χ3n) is 2.65. The van der Waals surface area contributed by atoms with Crippen LogP contribution in [-0.4, -0.2) is 16.8 Å². The highest BCUT2D eigenvalue weighted by Gasteiger charge is 2.06. The summed E-state index contributed by atoms with van der Waals surface area (Å²) in [6.45, 7) is 5.26. The van der Waals surface area contributed by atoms with Gasteiger partial charge in [-0.2, -0.15) is 5.10 Å². The average Bonchev–Trinajstić information content (AvgIpc) is 2.75. The first-order valence-electron chi connectivity index (χ1n) is 5.85. The summed E-state index contributed by atoms with van der Waals surface area (Å²) in [5.41, 5.74) is 3.07. The van der Waals surface area contributed by atoms with Crippen molar-refractivity contribution in [1.29, 1.82) is 0 Å². The summed E-state index contributed by atoms with van der Waals surface area (Å²) in [4.78, 5) is 0. The lowest BCUT2D eigenvalue weighted by Crippen LogP contribution is -2.03. The molecule has 0 saturated heterocycles. The third kappa shape index (κ3) is 2.96. The van der Waals surface area contributed by atoms with E-state index in [0.29, 0.717) is 18.2 Å². The number of aromatic nitrogens is 2. The fourth-order valence-electron chi connectivity index (χ4n) is 1.67. The fraction of sp³-hybridized carbons (Fsp3) is 0.308. The van der Waals surface area contributed by atoms with Gasteiger partial charge in [-0.3, -0.25) is 5.10 Å². The molecule has 0 aliphatic carbocycles. The first kappa shape index (κ1) is 12.8. The van der Waals surface area contributed by atoms with Gasteiger partial charge in [0.15, 0.2) is 0 Å². The molecule has 0 amide bonds. The summed E-state index contributed by atoms with van der Waals surface area (Å²) < 4.78 is 5.55. The van der Waals surface area contributed by atoms with Gasteiger partial charge in [0.05, 0.1) is 18.5 Å². The molecule has 18 heavy (non-hydrogen) atoms. The van der Waals surface area contributed by atoms with E-state index in [0.717, 1.165) is 22.7 Å². The molecule has 4 nitrogen and oxygen atoms in total. The molecule has 0 radical (unpaired) electrons. The molecule has 0 unspecified atom stereocenters. The minimum Gasteiger partial charge on any atom is -0.492 e. The molecule has 1 heterocycles. The molecule has 0 aliphatic heterocycles. The molecule has 0 spiro atoms. The van der Waals surface area contributed by atoms with E-state index in [-0.39, 0.29) is 0 Å². The number of ether oxygens (including phenoxy) is 1. The molecular formula is C13H16ClN3O. The molecule has 0 saturated carbocycles. The molecule has 2 rings (SSSR count). The Hall–Kier alpha value is -1.68. The van der Waals surface area contributed by atoms with Gasteiger partial charge in [0.2, 0.25) is 0 Å². The summed E-state index contributed by atoms with van der Waals surface area (Å²) in [5, 5.41) is 10.9. The van der Waals surface area contributed by atoms with Crippen molar-refractivity contribution in [3.8, 4) is 5.75 Å². The van der Waals surface area contributed by atoms with Crippen LogP contribution in [0, 0.1) is 6.92 Å². The van der Waals surface area contributed by atoms with Gasteiger partial charge < -0.3 is 10.1 Å². The maximum absolute atomic E-state index is 5.99. The van der Waals surface area contributed by atoms with Crippen molar-refractivity contribution in [3.05, 3.63) is 40.7 Å². The molecule has 5 heteroatoms. The van der Waals surface area contributed by atoms with E-state index in [1.54, 1.807) is 0 Å². The molecular weight excluding hydrogens is 250 g/mol. The molecule has 96 valence electrons. The first-order chi connectivity index (χ1) is 8.70. The van der Waals surface area contributed by atoms with Gasteiger partial charge in [0, 0.05) is 22.8 Å². The van der Waals surface area contributed by atoms with Crippen molar-refractivity contribution in [2.24, 2.45) is 0 Å². The van der Waals surface area contributed by atoms with Crippen LogP contribution in [0.3, 0.4) is 0 Å². The number of H-pyrrole nitrogens is 1. The number of benzene rings is 1. The van der Waals surface area contributed by atoms with Crippen LogP contribution in [0.15, 0.2) is 24.4 Å². The van der Waals surface area contributed by atoms with Crippen LogP contribution in [-0.2, 0) is 6.54 Å². The molecule has 1 aromatic carbocycles. The topological polar surface area (TPSA) is 49.9 Å². The van der Waals surface area contributed by atoms with Gasteiger partial charge in [0.1, 0.15) is 5.75 Å². The first-order valence-corrected chi connectivity index (χ1v) is 6.23. The van der Waals surface area contributed by atoms with E-state index < -0.39 is 0 Å². The Balaban J connectivity index is 2.12. The van der Waals surface area contributed by atoms with Crippen LogP contribution in [0.4, 0.5) is 5.69 Å². The number of nitrogens with zero attached hydrogens (tertiary/aromatic N) is 1. The second-order valence-electron chi connectivity index (χ2n) is 3.95. The highest BCUT2D eigenvalue weighted by molar-refractivity contribution is 6.30. The minimum atomic E-state index is 0.626. The average molecular weight is 266 g/mol. The van der Waals surface area contributed by atoms with Gasteiger partial charge in [-0.15, -0.1) is 0 Å². The molecule has 0 atom stereocenters. The van der Waals surface area contributed by atoms with Crippen LogP contribution in [0.5, 0.6) is 5.75 Å². The minimum absolute atomic E-state index is 0.626. The maximum atomic E-state index is 5.99. The van der Waals surface area contributed by atoms with Crippen molar-refractivity contribution >= 4 is 17.3 Å². The number of rotatable bonds is 5. The van der Waals surface area contributed by atoms with E-state index in [4.69, 9.17) is 16.3 Å². The van der Waals surface area contributed by atoms with Crippen LogP contribution in [0.1, 0.15) is 18.2 Å². The second kappa shape index (κ2) is 5.78. The van der Waals surface area contributed by atoms with Gasteiger partial charge in [-0.05, 0) is 32.0 Å². The molecule has 0 aliphatic rings. The lowest BCUT2D eigenvalue weighted by Gasteiger charge is -2.12. The Kier molecular flexibility index (Phi) is 4.10. The number of nitrogens with one attached hydrogen (secondary N) is 2. The number of aromatic amines is 1. The van der Waals surface area contributed by atoms with E-state index in [9.17, 15) is 0 Å². The number of halogens is 1. The van der Waals surface area contributed by atoms with Crippen molar-refractivity contribution in [3.63, 3.8) is 0 Å². The Morgan fingerprint density at radius 2 is 2.28 bits per heavy atom. The SMILES string of the molecule is CCOc1ccc(Cl)cc1NCc1cn[nH]c1C. The zero-order valence-corrected chi connectivity index (χ0v) is 11.2. The largest absolute Gasteiger partial charge is 0.492 e. The van der Waals surface area contributed by atoms with Gasteiger partial charge in [-0.1, -0.05) is 11.6 Å². The normalized spacial score (nSPS) is 10.4. The van der Waals surface area contributed by atoms with Crippen molar-refractivity contribution in [2.45, 2.75) is 20.4 Å². The summed E-state index contributed by atoms with van der Waals surface area (Å²) in [6, 6.07) is 5.55. The quantitative estimate of drug-likeness (QED) is 0.871. The number of aryl methyl sites for hydroxylation is 1. The standard InChI is InChI=1S/C13H16ClN3O/c1-3-18-13-5-4-11(14)6-12(13)15-7-10-8-16-17-9(10)2/h4-6,8,15H,3,7H2,1-2H3,(H,16,17). The molecule has 2 aromatic rings. The van der Waals surface area contributed by atoms with E-state index >= 15 is 0 Å². The maximum Gasteiger partial charge on any atom is 0.142 e. The van der Waals surface area contributed by atoms with Crippen LogP contribution < -0.4 is 10.1 Å². The van der Waals surface area contributed by atoms with Crippen LogP contribution in [0.25, 0.3) is 0 Å². The molecule has 2 N–H and O–H groups in total. The van der Waals surface area contributed by atoms with Gasteiger partial charge in [0.25, 0.3) is 0 Å². The number of hydrogen-bond donors (Lipinski definition) is 2. The Morgan fingerprint density at radius 3 is 2.94 bits per heavy atom. The predicted molar refractivity (Wildman–Crippen MR) is 73.3 cm³/mol. The predicted octanol–water partition coefficient (Wildman–Crippen LogP) is 3.38. The highest BCUT2D eigenvalue weighted by Crippen LogP contribution is 2.28. The second-order valence-corrected chi connectivity index (χ2v) is 4.38. The van der Waals surface area contributed by atoms with Gasteiger partial charge >= 0.3 is 0 Å². The summed E-state index contributed by atoms with van der Waals surface area (Å²) in [7, 11) is 0. The van der Waals surface area contributed by atoms with E-state index in [2.05, 4.69) is 15.5 Å². The van der Waals surface area contributed by atoms with Crippen molar-refractivity contribution < 1.29 is 4.74 Å². The lowest BCUT2D eigenvalue weighted by atomic mass is 10.2. The highest BCUT2D eigenvalue weighted by atomic mass is 35.5. The van der Waals surface area contributed by atoms with Crippen molar-refractivity contribution in [2.75, 3.05) is 11.9 Å². The Bertz CT molecular complexity index is 525. The zero-order chi connectivity index (χ0) is 13.0. The summed E-state index contributed by atoms with van der Waals surface area (Å²) in [6.07, 6.45) is 1.81. The Labute approximate surface area is 111 Å². The van der Waals surface area contributed by atoms with Crippen LogP contribution >= 0.6 is 11.6 Å². The molecule has 1 aromatic heterocycles. The third-order valence-corrected chi connectivity index (χ3v) is 2.88. The molecule has 0 fully saturated rings. The van der Waals surface area contributed by atoms with Crippen LogP contribution in [0.2, 0.25) is 5.02 Å². The Morgan fingerprint density at radius 1 is 1.44 bits per heavy atom. The molecule has 0 bridgehead atoms. The number of hydrogen-bond acceptors (Lipinski definition) is 3.